The summed E-state index contributed by atoms with van der Waals surface area (Å²) in [5.41, 5.74) is 0. The Morgan fingerprint density at radius 1 is 1.22 bits per heavy atom. The molecule has 0 aliphatic heterocycles. The second kappa shape index (κ2) is 6.06. The minimum absolute atomic E-state index is 0.720. The van der Waals surface area contributed by atoms with Crippen LogP contribution in [0.25, 0.3) is 0 Å². The SMILES string of the molecule is C1CCC(SCc2noc(CNCC3CC3)n2)C1. The van der Waals surface area contributed by atoms with Gasteiger partial charge in [0.15, 0.2) is 5.82 Å². The van der Waals surface area contributed by atoms with Gasteiger partial charge >= 0.3 is 0 Å². The van der Waals surface area contributed by atoms with Gasteiger partial charge in [-0.15, -0.1) is 0 Å². The largest absolute Gasteiger partial charge is 0.338 e. The van der Waals surface area contributed by atoms with Crippen LogP contribution in [-0.4, -0.2) is 21.9 Å². The first kappa shape index (κ1) is 12.5. The van der Waals surface area contributed by atoms with Crippen LogP contribution in [0.2, 0.25) is 0 Å². The van der Waals surface area contributed by atoms with E-state index in [4.69, 9.17) is 4.52 Å². The smallest absolute Gasteiger partial charge is 0.240 e. The molecule has 2 fully saturated rings. The zero-order valence-electron chi connectivity index (χ0n) is 10.7. The highest BCUT2D eigenvalue weighted by Gasteiger charge is 2.21. The van der Waals surface area contributed by atoms with Gasteiger partial charge in [0.25, 0.3) is 0 Å². The lowest BCUT2D eigenvalue weighted by Crippen LogP contribution is -2.16. The third-order valence-corrected chi connectivity index (χ3v) is 5.03. The van der Waals surface area contributed by atoms with Crippen LogP contribution < -0.4 is 5.32 Å². The minimum Gasteiger partial charge on any atom is -0.338 e. The summed E-state index contributed by atoms with van der Waals surface area (Å²) in [6.07, 6.45) is 8.25. The van der Waals surface area contributed by atoms with Crippen molar-refractivity contribution in [2.45, 2.75) is 56.1 Å². The summed E-state index contributed by atoms with van der Waals surface area (Å²) < 4.78 is 5.25. The van der Waals surface area contributed by atoms with E-state index in [-0.39, 0.29) is 0 Å². The molecule has 0 bridgehead atoms. The second-order valence-corrected chi connectivity index (χ2v) is 6.68. The van der Waals surface area contributed by atoms with Crippen LogP contribution in [0.5, 0.6) is 0 Å². The Hall–Kier alpha value is -0.550. The normalized spacial score (nSPS) is 20.7. The lowest BCUT2D eigenvalue weighted by molar-refractivity contribution is 0.363. The molecule has 4 nitrogen and oxygen atoms in total. The number of aromatic nitrogens is 2. The van der Waals surface area contributed by atoms with Gasteiger partial charge in [-0.25, -0.2) is 0 Å². The Balaban J connectivity index is 1.37. The standard InChI is InChI=1S/C13H21N3OS/c1-2-4-11(3-1)18-9-12-15-13(17-16-12)8-14-7-10-5-6-10/h10-11,14H,1-9H2. The topological polar surface area (TPSA) is 51.0 Å². The van der Waals surface area contributed by atoms with E-state index in [2.05, 4.69) is 15.5 Å². The van der Waals surface area contributed by atoms with Gasteiger partial charge in [-0.2, -0.15) is 16.7 Å². The average molecular weight is 267 g/mol. The van der Waals surface area contributed by atoms with Gasteiger partial charge in [0.05, 0.1) is 12.3 Å². The molecule has 0 amide bonds. The summed E-state index contributed by atoms with van der Waals surface area (Å²) in [6, 6.07) is 0. The van der Waals surface area contributed by atoms with Crippen molar-refractivity contribution in [3.05, 3.63) is 11.7 Å². The van der Waals surface area contributed by atoms with Crippen LogP contribution in [0.4, 0.5) is 0 Å². The Kier molecular flexibility index (Phi) is 4.20. The molecule has 3 rings (SSSR count). The van der Waals surface area contributed by atoms with Crippen molar-refractivity contribution >= 4 is 11.8 Å². The number of hydrogen-bond acceptors (Lipinski definition) is 5. The molecule has 2 saturated carbocycles. The van der Waals surface area contributed by atoms with Crippen molar-refractivity contribution in [2.75, 3.05) is 6.54 Å². The molecule has 0 saturated heterocycles. The van der Waals surface area contributed by atoms with Crippen molar-refractivity contribution in [1.82, 2.24) is 15.5 Å². The first-order chi connectivity index (χ1) is 8.90. The van der Waals surface area contributed by atoms with Gasteiger partial charge in [-0.3, -0.25) is 0 Å². The highest BCUT2D eigenvalue weighted by Crippen LogP contribution is 2.31. The zero-order valence-corrected chi connectivity index (χ0v) is 11.5. The minimum atomic E-state index is 0.720. The summed E-state index contributed by atoms with van der Waals surface area (Å²) in [4.78, 5) is 4.43. The van der Waals surface area contributed by atoms with E-state index < -0.39 is 0 Å². The monoisotopic (exact) mass is 267 g/mol. The van der Waals surface area contributed by atoms with Gasteiger partial charge < -0.3 is 9.84 Å². The molecule has 1 aromatic heterocycles. The summed E-state index contributed by atoms with van der Waals surface area (Å²) in [5, 5.41) is 8.23. The van der Waals surface area contributed by atoms with Crippen LogP contribution in [0.1, 0.15) is 50.2 Å². The zero-order chi connectivity index (χ0) is 12.2. The summed E-state index contributed by atoms with van der Waals surface area (Å²) >= 11 is 1.98. The molecule has 0 unspecified atom stereocenters. The van der Waals surface area contributed by atoms with Gasteiger partial charge in [0, 0.05) is 5.25 Å². The lowest BCUT2D eigenvalue weighted by Gasteiger charge is -2.04. The first-order valence-corrected chi connectivity index (χ1v) is 8.09. The summed E-state index contributed by atoms with van der Waals surface area (Å²) in [5.74, 6) is 3.38. The maximum atomic E-state index is 5.25. The number of thioether (sulfide) groups is 1. The van der Waals surface area contributed by atoms with Crippen molar-refractivity contribution in [3.8, 4) is 0 Å². The second-order valence-electron chi connectivity index (χ2n) is 5.40. The molecule has 1 N–H and O–H groups in total. The quantitative estimate of drug-likeness (QED) is 0.823. The van der Waals surface area contributed by atoms with Crippen molar-refractivity contribution in [3.63, 3.8) is 0 Å². The van der Waals surface area contributed by atoms with Gasteiger partial charge in [0.2, 0.25) is 5.89 Å². The molecule has 1 heterocycles. The molecule has 0 atom stereocenters. The van der Waals surface area contributed by atoms with E-state index in [1.165, 1.54) is 38.5 Å². The molecular weight excluding hydrogens is 246 g/mol. The maximum absolute atomic E-state index is 5.25. The molecule has 0 spiro atoms. The molecule has 2 aliphatic carbocycles. The maximum Gasteiger partial charge on any atom is 0.240 e. The number of nitrogens with zero attached hydrogens (tertiary/aromatic N) is 2. The predicted molar refractivity (Wildman–Crippen MR) is 72.3 cm³/mol. The third-order valence-electron chi connectivity index (χ3n) is 3.67. The molecule has 18 heavy (non-hydrogen) atoms. The Morgan fingerprint density at radius 2 is 2.06 bits per heavy atom. The average Bonchev–Trinajstić information content (AvgIpc) is 2.90. The fraction of sp³-hybridized carbons (Fsp3) is 0.846. The van der Waals surface area contributed by atoms with E-state index in [1.54, 1.807) is 0 Å². The lowest BCUT2D eigenvalue weighted by atomic mass is 10.4. The van der Waals surface area contributed by atoms with Crippen molar-refractivity contribution < 1.29 is 4.52 Å². The highest BCUT2D eigenvalue weighted by atomic mass is 32.2. The fourth-order valence-corrected chi connectivity index (χ4v) is 3.54. The van der Waals surface area contributed by atoms with Crippen LogP contribution in [0.15, 0.2) is 4.52 Å². The molecular formula is C13H21N3OS. The molecule has 0 aromatic carbocycles. The molecule has 2 aliphatic rings. The van der Waals surface area contributed by atoms with E-state index >= 15 is 0 Å². The van der Waals surface area contributed by atoms with Crippen LogP contribution in [-0.2, 0) is 12.3 Å². The van der Waals surface area contributed by atoms with Gasteiger partial charge in [-0.05, 0) is 38.1 Å². The first-order valence-electron chi connectivity index (χ1n) is 7.04. The van der Waals surface area contributed by atoms with Crippen LogP contribution in [0.3, 0.4) is 0 Å². The molecule has 0 radical (unpaired) electrons. The third kappa shape index (κ3) is 3.72. The van der Waals surface area contributed by atoms with E-state index in [0.29, 0.717) is 0 Å². The van der Waals surface area contributed by atoms with Crippen LogP contribution in [0, 0.1) is 5.92 Å². The van der Waals surface area contributed by atoms with Gasteiger partial charge in [-0.1, -0.05) is 18.0 Å². The van der Waals surface area contributed by atoms with E-state index in [9.17, 15) is 0 Å². The predicted octanol–water partition coefficient (Wildman–Crippen LogP) is 2.75. The number of nitrogens with one attached hydrogen (secondary N) is 1. The Labute approximate surface area is 112 Å². The fourth-order valence-electron chi connectivity index (χ4n) is 2.37. The summed E-state index contributed by atoms with van der Waals surface area (Å²) in [7, 11) is 0. The number of rotatable bonds is 7. The molecule has 5 heteroatoms. The summed E-state index contributed by atoms with van der Waals surface area (Å²) in [6.45, 7) is 1.81. The van der Waals surface area contributed by atoms with Crippen LogP contribution >= 0.6 is 11.8 Å². The van der Waals surface area contributed by atoms with Gasteiger partial charge in [0.1, 0.15) is 0 Å². The van der Waals surface area contributed by atoms with Crippen molar-refractivity contribution in [2.24, 2.45) is 5.92 Å². The highest BCUT2D eigenvalue weighted by molar-refractivity contribution is 7.99. The van der Waals surface area contributed by atoms with Crippen molar-refractivity contribution in [1.29, 1.82) is 0 Å². The molecule has 1 aromatic rings. The molecule has 100 valence electrons. The van der Waals surface area contributed by atoms with E-state index in [0.717, 1.165) is 41.7 Å². The number of hydrogen-bond donors (Lipinski definition) is 1. The van der Waals surface area contributed by atoms with E-state index in [1.807, 2.05) is 11.8 Å². The Bertz CT molecular complexity index is 372. The Morgan fingerprint density at radius 3 is 2.83 bits per heavy atom.